The molecule has 4 nitrogen and oxygen atoms in total. The summed E-state index contributed by atoms with van der Waals surface area (Å²) < 4.78 is 5.48. The lowest BCUT2D eigenvalue weighted by atomic mass is 9.95. The van der Waals surface area contributed by atoms with Crippen molar-refractivity contribution in [2.45, 2.75) is 27.2 Å². The Morgan fingerprint density at radius 3 is 2.60 bits per heavy atom. The highest BCUT2D eigenvalue weighted by molar-refractivity contribution is 7.54. The molecule has 0 aromatic carbocycles. The molecule has 0 spiro atoms. The standard InChI is InChI=1S/C10H23N2O2P/c1-5-9(13)12-6-10(2,3)7-14-8-15(4)11/h5-8,11H2,1-4H3,(H,12,13). The van der Waals surface area contributed by atoms with E-state index in [-0.39, 0.29) is 11.3 Å². The number of nitrogens with one attached hydrogen (secondary N) is 1. The van der Waals surface area contributed by atoms with Crippen LogP contribution in [0.4, 0.5) is 0 Å². The lowest BCUT2D eigenvalue weighted by Crippen LogP contribution is -2.36. The second kappa shape index (κ2) is 7.15. The minimum atomic E-state index is -0.488. The van der Waals surface area contributed by atoms with Gasteiger partial charge in [-0.2, -0.15) is 0 Å². The van der Waals surface area contributed by atoms with Gasteiger partial charge in [-0.25, -0.2) is 0 Å². The fourth-order valence-electron chi connectivity index (χ4n) is 0.980. The number of nitrogens with two attached hydrogens (primary N) is 1. The number of hydrogen-bond donors (Lipinski definition) is 2. The van der Waals surface area contributed by atoms with Crippen LogP contribution in [0.1, 0.15) is 27.2 Å². The van der Waals surface area contributed by atoms with Gasteiger partial charge in [0.2, 0.25) is 5.91 Å². The molecule has 0 rings (SSSR count). The summed E-state index contributed by atoms with van der Waals surface area (Å²) in [5.41, 5.74) is 5.60. The SMILES string of the molecule is CCC(=O)NCC(C)(C)COCP(C)N. The van der Waals surface area contributed by atoms with Gasteiger partial charge in [-0.15, -0.1) is 0 Å². The lowest BCUT2D eigenvalue weighted by molar-refractivity contribution is -0.121. The molecule has 5 heteroatoms. The van der Waals surface area contributed by atoms with Crippen LogP contribution in [-0.4, -0.2) is 32.1 Å². The van der Waals surface area contributed by atoms with E-state index in [1.165, 1.54) is 0 Å². The molecule has 1 amide bonds. The molecule has 0 aromatic rings. The van der Waals surface area contributed by atoms with E-state index in [0.29, 0.717) is 25.9 Å². The maximum atomic E-state index is 11.1. The van der Waals surface area contributed by atoms with Crippen molar-refractivity contribution in [3.8, 4) is 0 Å². The van der Waals surface area contributed by atoms with Crippen molar-refractivity contribution in [2.75, 3.05) is 26.2 Å². The molecular weight excluding hydrogens is 211 g/mol. The van der Waals surface area contributed by atoms with Gasteiger partial charge in [0.15, 0.2) is 0 Å². The van der Waals surface area contributed by atoms with Crippen LogP contribution in [0.3, 0.4) is 0 Å². The molecule has 0 radical (unpaired) electrons. The first-order valence-electron chi connectivity index (χ1n) is 5.17. The Morgan fingerprint density at radius 2 is 2.13 bits per heavy atom. The van der Waals surface area contributed by atoms with Crippen LogP contribution < -0.4 is 10.8 Å². The van der Waals surface area contributed by atoms with Gasteiger partial charge < -0.3 is 15.6 Å². The Bertz CT molecular complexity index is 196. The second-order valence-electron chi connectivity index (χ2n) is 4.53. The van der Waals surface area contributed by atoms with Gasteiger partial charge in [0, 0.05) is 18.4 Å². The Balaban J connectivity index is 3.71. The zero-order chi connectivity index (χ0) is 11.9. The van der Waals surface area contributed by atoms with Crippen LogP contribution in [0.25, 0.3) is 0 Å². The van der Waals surface area contributed by atoms with Gasteiger partial charge >= 0.3 is 0 Å². The van der Waals surface area contributed by atoms with Crippen molar-refractivity contribution < 1.29 is 9.53 Å². The van der Waals surface area contributed by atoms with Crippen LogP contribution in [0.2, 0.25) is 0 Å². The summed E-state index contributed by atoms with van der Waals surface area (Å²) in [7, 11) is -0.488. The molecule has 0 aliphatic carbocycles. The van der Waals surface area contributed by atoms with Crippen molar-refractivity contribution in [2.24, 2.45) is 10.9 Å². The molecule has 0 heterocycles. The molecule has 0 saturated heterocycles. The van der Waals surface area contributed by atoms with Crippen LogP contribution >= 0.6 is 8.07 Å². The van der Waals surface area contributed by atoms with Gasteiger partial charge in [-0.05, 0) is 14.7 Å². The predicted molar refractivity (Wildman–Crippen MR) is 64.9 cm³/mol. The summed E-state index contributed by atoms with van der Waals surface area (Å²) in [4.78, 5) is 11.1. The van der Waals surface area contributed by atoms with E-state index >= 15 is 0 Å². The molecule has 1 atom stereocenters. The molecule has 0 fully saturated rings. The van der Waals surface area contributed by atoms with Crippen LogP contribution in [0, 0.1) is 5.41 Å². The van der Waals surface area contributed by atoms with Crippen LogP contribution in [0.5, 0.6) is 0 Å². The van der Waals surface area contributed by atoms with Crippen LogP contribution in [0.15, 0.2) is 0 Å². The van der Waals surface area contributed by atoms with Gasteiger partial charge in [0.05, 0.1) is 13.0 Å². The number of ether oxygens (including phenoxy) is 1. The average molecular weight is 234 g/mol. The molecule has 15 heavy (non-hydrogen) atoms. The van der Waals surface area contributed by atoms with E-state index in [2.05, 4.69) is 19.2 Å². The van der Waals surface area contributed by atoms with Gasteiger partial charge in [-0.1, -0.05) is 20.8 Å². The first kappa shape index (κ1) is 14.8. The molecular formula is C10H23N2O2P. The quantitative estimate of drug-likeness (QED) is 0.656. The zero-order valence-corrected chi connectivity index (χ0v) is 11.1. The minimum Gasteiger partial charge on any atom is -0.375 e. The fraction of sp³-hybridized carbons (Fsp3) is 0.900. The largest absolute Gasteiger partial charge is 0.375 e. The van der Waals surface area contributed by atoms with E-state index in [4.69, 9.17) is 10.2 Å². The predicted octanol–water partition coefficient (Wildman–Crippen LogP) is 1.50. The number of carbonyl (C=O) groups excluding carboxylic acids is 1. The zero-order valence-electron chi connectivity index (χ0n) is 10.2. The van der Waals surface area contributed by atoms with Gasteiger partial charge in [0.1, 0.15) is 0 Å². The smallest absolute Gasteiger partial charge is 0.219 e. The van der Waals surface area contributed by atoms with E-state index < -0.39 is 8.07 Å². The van der Waals surface area contributed by atoms with Crippen molar-refractivity contribution in [1.82, 2.24) is 5.32 Å². The molecule has 0 aromatic heterocycles. The first-order chi connectivity index (χ1) is 6.87. The van der Waals surface area contributed by atoms with Crippen molar-refractivity contribution in [1.29, 1.82) is 0 Å². The highest BCUT2D eigenvalue weighted by Crippen LogP contribution is 2.21. The molecule has 90 valence electrons. The summed E-state index contributed by atoms with van der Waals surface area (Å²) in [6.45, 7) is 9.22. The highest BCUT2D eigenvalue weighted by Gasteiger charge is 2.18. The monoisotopic (exact) mass is 234 g/mol. The van der Waals surface area contributed by atoms with Gasteiger partial charge in [-0.3, -0.25) is 4.79 Å². The summed E-state index contributed by atoms with van der Waals surface area (Å²) in [6.07, 6.45) is 1.15. The number of amides is 1. The Labute approximate surface area is 93.7 Å². The number of carbonyl (C=O) groups is 1. The number of rotatable bonds is 7. The molecule has 0 aliphatic heterocycles. The molecule has 0 aliphatic rings. The van der Waals surface area contributed by atoms with Gasteiger partial charge in [0.25, 0.3) is 0 Å². The highest BCUT2D eigenvalue weighted by atomic mass is 31.1. The second-order valence-corrected chi connectivity index (χ2v) is 6.30. The summed E-state index contributed by atoms with van der Waals surface area (Å²) >= 11 is 0. The average Bonchev–Trinajstić information content (AvgIpc) is 2.13. The Kier molecular flexibility index (Phi) is 7.07. The molecule has 3 N–H and O–H groups in total. The molecule has 0 bridgehead atoms. The molecule has 0 saturated carbocycles. The van der Waals surface area contributed by atoms with Crippen molar-refractivity contribution >= 4 is 14.0 Å². The van der Waals surface area contributed by atoms with E-state index in [1.54, 1.807) is 0 Å². The third kappa shape index (κ3) is 8.79. The minimum absolute atomic E-state index is 0.0316. The van der Waals surface area contributed by atoms with E-state index in [0.717, 1.165) is 0 Å². The fourth-order valence-corrected chi connectivity index (χ4v) is 1.36. The maximum Gasteiger partial charge on any atom is 0.219 e. The third-order valence-electron chi connectivity index (χ3n) is 1.87. The topological polar surface area (TPSA) is 64.3 Å². The number of hydrogen-bond acceptors (Lipinski definition) is 3. The van der Waals surface area contributed by atoms with Crippen molar-refractivity contribution in [3.05, 3.63) is 0 Å². The first-order valence-corrected chi connectivity index (χ1v) is 7.22. The summed E-state index contributed by atoms with van der Waals surface area (Å²) in [5, 5.41) is 2.87. The van der Waals surface area contributed by atoms with E-state index in [9.17, 15) is 4.79 Å². The van der Waals surface area contributed by atoms with E-state index in [1.807, 2.05) is 13.6 Å². The summed E-state index contributed by atoms with van der Waals surface area (Å²) in [5.74, 6) is 0.0830. The van der Waals surface area contributed by atoms with Crippen LogP contribution in [-0.2, 0) is 9.53 Å². The normalized spacial score (nSPS) is 13.7. The molecule has 1 unspecified atom stereocenters. The van der Waals surface area contributed by atoms with Crippen molar-refractivity contribution in [3.63, 3.8) is 0 Å². The Hall–Kier alpha value is -0.180. The summed E-state index contributed by atoms with van der Waals surface area (Å²) in [6, 6.07) is 0. The lowest BCUT2D eigenvalue weighted by Gasteiger charge is -2.25. The Morgan fingerprint density at radius 1 is 1.53 bits per heavy atom. The third-order valence-corrected chi connectivity index (χ3v) is 2.46. The maximum absolute atomic E-state index is 11.1.